The number of furan rings is 1. The molecule has 152 valence electrons. The van der Waals surface area contributed by atoms with E-state index in [1.165, 1.54) is 13.5 Å². The van der Waals surface area contributed by atoms with Gasteiger partial charge >= 0.3 is 6.01 Å². The molecule has 0 saturated heterocycles. The summed E-state index contributed by atoms with van der Waals surface area (Å²) in [7, 11) is 3.10. The van der Waals surface area contributed by atoms with Crippen molar-refractivity contribution in [3.63, 3.8) is 0 Å². The average Bonchev–Trinajstić information content (AvgIpc) is 3.17. The lowest BCUT2D eigenvalue weighted by molar-refractivity contribution is 0.253. The summed E-state index contributed by atoms with van der Waals surface area (Å²) in [5, 5.41) is 0.720. The van der Waals surface area contributed by atoms with Crippen LogP contribution in [0.15, 0.2) is 59.0 Å². The van der Waals surface area contributed by atoms with Crippen LogP contribution in [0.1, 0.15) is 24.8 Å². The highest BCUT2D eigenvalue weighted by molar-refractivity contribution is 6.03. The molecule has 1 aliphatic carbocycles. The Kier molecular flexibility index (Phi) is 4.44. The van der Waals surface area contributed by atoms with Gasteiger partial charge < -0.3 is 19.6 Å². The van der Waals surface area contributed by atoms with Crippen LogP contribution in [0.5, 0.6) is 11.9 Å². The normalized spacial score (nSPS) is 15.0. The number of benzene rings is 2. The highest BCUT2D eigenvalue weighted by Gasteiger charge is 2.34. The third-order valence-corrected chi connectivity index (χ3v) is 5.90. The topological polar surface area (TPSA) is 83.4 Å². The van der Waals surface area contributed by atoms with Crippen LogP contribution in [-0.4, -0.2) is 24.2 Å². The number of fused-ring (bicyclic) bond motifs is 1. The number of nitrogens with zero attached hydrogens (tertiary/aromatic N) is 2. The van der Waals surface area contributed by atoms with Gasteiger partial charge in [-0.1, -0.05) is 54.6 Å². The fourth-order valence-corrected chi connectivity index (χ4v) is 4.07. The second-order valence-corrected chi connectivity index (χ2v) is 7.66. The Morgan fingerprint density at radius 3 is 2.23 bits per heavy atom. The van der Waals surface area contributed by atoms with Crippen LogP contribution in [0, 0.1) is 0 Å². The molecular weight excluding hydrogens is 378 g/mol. The number of hydrogen-bond acceptors (Lipinski definition) is 6. The third kappa shape index (κ3) is 2.92. The summed E-state index contributed by atoms with van der Waals surface area (Å²) in [5.41, 5.74) is 10.7. The molecular formula is C24H23N3O3. The van der Waals surface area contributed by atoms with Crippen molar-refractivity contribution >= 4 is 11.1 Å². The maximum Gasteiger partial charge on any atom is 0.322 e. The second kappa shape index (κ2) is 7.15. The maximum absolute atomic E-state index is 6.49. The lowest BCUT2D eigenvalue weighted by Gasteiger charge is -2.38. The molecule has 2 aromatic carbocycles. The largest absolute Gasteiger partial charge is 0.480 e. The van der Waals surface area contributed by atoms with Gasteiger partial charge in [-0.2, -0.15) is 9.97 Å². The number of rotatable bonds is 5. The van der Waals surface area contributed by atoms with Crippen LogP contribution in [-0.2, 0) is 5.54 Å². The van der Waals surface area contributed by atoms with Crippen molar-refractivity contribution < 1.29 is 13.9 Å². The number of ether oxygens (including phenoxy) is 2. The molecule has 2 aromatic heterocycles. The van der Waals surface area contributed by atoms with E-state index in [-0.39, 0.29) is 11.5 Å². The first-order chi connectivity index (χ1) is 14.6. The predicted molar refractivity (Wildman–Crippen MR) is 115 cm³/mol. The molecule has 0 aliphatic heterocycles. The summed E-state index contributed by atoms with van der Waals surface area (Å²) in [5.74, 6) is 1.13. The van der Waals surface area contributed by atoms with E-state index in [4.69, 9.17) is 19.6 Å². The Morgan fingerprint density at radius 1 is 0.900 bits per heavy atom. The van der Waals surface area contributed by atoms with Crippen LogP contribution in [0.3, 0.4) is 0 Å². The van der Waals surface area contributed by atoms with Crippen molar-refractivity contribution in [2.24, 2.45) is 5.73 Å². The minimum atomic E-state index is -0.198. The summed E-state index contributed by atoms with van der Waals surface area (Å²) in [6.07, 6.45) is 3.23. The van der Waals surface area contributed by atoms with E-state index in [0.717, 1.165) is 40.5 Å². The summed E-state index contributed by atoms with van der Waals surface area (Å²) < 4.78 is 17.0. The Labute approximate surface area is 174 Å². The van der Waals surface area contributed by atoms with E-state index in [2.05, 4.69) is 34.2 Å². The van der Waals surface area contributed by atoms with Crippen molar-refractivity contribution in [3.8, 4) is 34.3 Å². The van der Waals surface area contributed by atoms with Crippen molar-refractivity contribution in [3.05, 3.63) is 60.2 Å². The van der Waals surface area contributed by atoms with E-state index in [1.807, 2.05) is 30.3 Å². The van der Waals surface area contributed by atoms with Gasteiger partial charge in [0.1, 0.15) is 11.1 Å². The Balaban J connectivity index is 1.73. The zero-order valence-electron chi connectivity index (χ0n) is 17.0. The molecule has 5 rings (SSSR count). The Morgan fingerprint density at radius 2 is 1.63 bits per heavy atom. The van der Waals surface area contributed by atoms with Gasteiger partial charge in [0.05, 0.1) is 14.2 Å². The summed E-state index contributed by atoms with van der Waals surface area (Å²) >= 11 is 0. The van der Waals surface area contributed by atoms with E-state index < -0.39 is 0 Å². The predicted octanol–water partition coefficient (Wildman–Crippen LogP) is 4.91. The van der Waals surface area contributed by atoms with Gasteiger partial charge in [0, 0.05) is 16.7 Å². The first-order valence-corrected chi connectivity index (χ1v) is 10.0. The molecule has 0 bridgehead atoms. The molecule has 2 N–H and O–H groups in total. The molecule has 1 fully saturated rings. The Bertz CT molecular complexity index is 1200. The van der Waals surface area contributed by atoms with Gasteiger partial charge in [-0.15, -0.1) is 0 Å². The van der Waals surface area contributed by atoms with Crippen LogP contribution in [0.4, 0.5) is 0 Å². The number of aromatic nitrogens is 2. The lowest BCUT2D eigenvalue weighted by atomic mass is 9.72. The van der Waals surface area contributed by atoms with Crippen LogP contribution < -0.4 is 15.2 Å². The number of hydrogen-bond donors (Lipinski definition) is 1. The van der Waals surface area contributed by atoms with Crippen molar-refractivity contribution in [1.29, 1.82) is 0 Å². The minimum absolute atomic E-state index is 0.198. The standard InChI is InChI=1S/C24H23N3O3/c1-28-21-19-18(15-7-4-3-5-8-15)20(30-22(19)27-23(26-21)29-2)16-9-11-17(12-10-16)24(25)13-6-14-24/h3-5,7-12H,6,13-14,25H2,1-2H3. The van der Waals surface area contributed by atoms with Crippen LogP contribution in [0.2, 0.25) is 0 Å². The maximum atomic E-state index is 6.49. The van der Waals surface area contributed by atoms with Crippen molar-refractivity contribution in [2.45, 2.75) is 24.8 Å². The molecule has 0 atom stereocenters. The number of methoxy groups -OCH3 is 2. The van der Waals surface area contributed by atoms with E-state index in [1.54, 1.807) is 7.11 Å². The molecule has 0 radical (unpaired) electrons. The van der Waals surface area contributed by atoms with Gasteiger partial charge in [0.15, 0.2) is 0 Å². The fraction of sp³-hybridized carbons (Fsp3) is 0.250. The smallest absolute Gasteiger partial charge is 0.322 e. The first kappa shape index (κ1) is 18.6. The number of nitrogens with two attached hydrogens (primary N) is 1. The van der Waals surface area contributed by atoms with Crippen LogP contribution >= 0.6 is 0 Å². The highest BCUT2D eigenvalue weighted by atomic mass is 16.5. The van der Waals surface area contributed by atoms with Gasteiger partial charge in [-0.05, 0) is 30.4 Å². The fourth-order valence-electron chi connectivity index (χ4n) is 4.07. The molecule has 0 spiro atoms. The molecule has 30 heavy (non-hydrogen) atoms. The van der Waals surface area contributed by atoms with Crippen LogP contribution in [0.25, 0.3) is 33.6 Å². The quantitative estimate of drug-likeness (QED) is 0.511. The molecule has 2 heterocycles. The van der Waals surface area contributed by atoms with Gasteiger partial charge in [0.2, 0.25) is 11.6 Å². The van der Waals surface area contributed by atoms with E-state index in [0.29, 0.717) is 17.4 Å². The zero-order chi connectivity index (χ0) is 20.7. The first-order valence-electron chi connectivity index (χ1n) is 10.0. The van der Waals surface area contributed by atoms with Crippen molar-refractivity contribution in [1.82, 2.24) is 9.97 Å². The molecule has 6 nitrogen and oxygen atoms in total. The van der Waals surface area contributed by atoms with Gasteiger partial charge in [-0.3, -0.25) is 0 Å². The monoisotopic (exact) mass is 401 g/mol. The average molecular weight is 401 g/mol. The zero-order valence-corrected chi connectivity index (χ0v) is 17.0. The van der Waals surface area contributed by atoms with E-state index in [9.17, 15) is 0 Å². The second-order valence-electron chi connectivity index (χ2n) is 7.66. The minimum Gasteiger partial charge on any atom is -0.480 e. The summed E-state index contributed by atoms with van der Waals surface area (Å²) in [6, 6.07) is 18.6. The summed E-state index contributed by atoms with van der Waals surface area (Å²) in [6.45, 7) is 0. The molecule has 1 aliphatic rings. The third-order valence-electron chi connectivity index (χ3n) is 5.90. The Hall–Kier alpha value is -3.38. The molecule has 4 aromatic rings. The summed E-state index contributed by atoms with van der Waals surface area (Å²) in [4.78, 5) is 8.78. The highest BCUT2D eigenvalue weighted by Crippen LogP contribution is 2.45. The lowest BCUT2D eigenvalue weighted by Crippen LogP contribution is -2.43. The van der Waals surface area contributed by atoms with E-state index >= 15 is 0 Å². The SMILES string of the molecule is COc1nc(OC)c2c(-c3ccccc3)c(-c3ccc(C4(N)CCC4)cc3)oc2n1. The van der Waals surface area contributed by atoms with Gasteiger partial charge in [0.25, 0.3) is 0 Å². The van der Waals surface area contributed by atoms with Gasteiger partial charge in [-0.25, -0.2) is 0 Å². The molecule has 0 amide bonds. The molecule has 0 unspecified atom stereocenters. The molecule has 6 heteroatoms. The molecule has 1 saturated carbocycles. The van der Waals surface area contributed by atoms with Crippen molar-refractivity contribution in [2.75, 3.05) is 14.2 Å².